The van der Waals surface area contributed by atoms with Crippen LogP contribution in [0.5, 0.6) is 11.5 Å². The third-order valence-corrected chi connectivity index (χ3v) is 5.60. The minimum atomic E-state index is -1.25. The molecule has 9 heteroatoms. The summed E-state index contributed by atoms with van der Waals surface area (Å²) >= 11 is 5.02. The van der Waals surface area contributed by atoms with Crippen LogP contribution in [-0.2, 0) is 14.3 Å². The molecule has 0 amide bonds. The lowest BCUT2D eigenvalue weighted by Gasteiger charge is -2.47. The van der Waals surface area contributed by atoms with E-state index in [0.717, 1.165) is 19.3 Å². The van der Waals surface area contributed by atoms with E-state index in [0.29, 0.717) is 18.4 Å². The lowest BCUT2D eigenvalue weighted by Crippen LogP contribution is -2.47. The second-order valence-corrected chi connectivity index (χ2v) is 7.78. The van der Waals surface area contributed by atoms with Gasteiger partial charge in [0.1, 0.15) is 5.92 Å². The highest BCUT2D eigenvalue weighted by Crippen LogP contribution is 2.44. The fourth-order valence-electron chi connectivity index (χ4n) is 3.92. The molecule has 3 rings (SSSR count). The van der Waals surface area contributed by atoms with Gasteiger partial charge in [-0.2, -0.15) is 5.26 Å². The van der Waals surface area contributed by atoms with Gasteiger partial charge in [0.05, 0.1) is 29.2 Å². The van der Waals surface area contributed by atoms with Crippen LogP contribution in [0.25, 0.3) is 0 Å². The average molecular weight is 431 g/mol. The second-order valence-electron chi connectivity index (χ2n) is 7.31. The number of phenolic OH excluding ortho intramolecular Hbond substituents is 1. The summed E-state index contributed by atoms with van der Waals surface area (Å²) in [6, 6.07) is 6.25. The zero-order chi connectivity index (χ0) is 21.9. The van der Waals surface area contributed by atoms with E-state index in [4.69, 9.17) is 32.2 Å². The van der Waals surface area contributed by atoms with Gasteiger partial charge in [-0.3, -0.25) is 0 Å². The summed E-state index contributed by atoms with van der Waals surface area (Å²) in [5.74, 6) is -5.23. The van der Waals surface area contributed by atoms with E-state index < -0.39 is 29.5 Å². The number of phenols is 1. The molecule has 0 radical (unpaired) electrons. The topological polar surface area (TPSA) is 138 Å². The number of aromatic hydroxyl groups is 1. The summed E-state index contributed by atoms with van der Waals surface area (Å²) in [5, 5.41) is 32.7. The first-order valence-electron chi connectivity index (χ1n) is 9.80. The first-order chi connectivity index (χ1) is 14.3. The molecule has 1 aromatic rings. The Morgan fingerprint density at radius 3 is 2.67 bits per heavy atom. The molecule has 1 aliphatic carbocycles. The number of hydrogen-bond donors (Lipinski definition) is 2. The molecule has 2 unspecified atom stereocenters. The van der Waals surface area contributed by atoms with Crippen LogP contribution in [-0.4, -0.2) is 28.5 Å². The summed E-state index contributed by atoms with van der Waals surface area (Å²) in [5.41, 5.74) is 5.75. The quantitative estimate of drug-likeness (QED) is 0.512. The van der Waals surface area contributed by atoms with Gasteiger partial charge in [-0.05, 0) is 50.3 Å². The molecule has 1 aromatic carbocycles. The fourth-order valence-corrected chi connectivity index (χ4v) is 4.11. The molecule has 0 bridgehead atoms. The van der Waals surface area contributed by atoms with Crippen molar-refractivity contribution in [2.75, 3.05) is 6.61 Å². The molecule has 2 aliphatic rings. The second kappa shape index (κ2) is 8.79. The Bertz CT molecular complexity index is 917. The SMILES string of the molecule is CCOc1cc(C(C2=C([O-])OC3(CCCCC3)OC2=O)C(C#N)C(N)=S)ccc1O. The minimum Gasteiger partial charge on any atom is -0.574 e. The highest BCUT2D eigenvalue weighted by atomic mass is 32.1. The Kier molecular flexibility index (Phi) is 6.37. The highest BCUT2D eigenvalue weighted by Gasteiger charge is 2.43. The van der Waals surface area contributed by atoms with Gasteiger partial charge in [0.15, 0.2) is 17.3 Å². The van der Waals surface area contributed by atoms with Crippen LogP contribution >= 0.6 is 12.2 Å². The van der Waals surface area contributed by atoms with Gasteiger partial charge in [0, 0.05) is 5.92 Å². The van der Waals surface area contributed by atoms with E-state index >= 15 is 0 Å². The maximum atomic E-state index is 13.0. The zero-order valence-corrected chi connectivity index (χ0v) is 17.4. The van der Waals surface area contributed by atoms with Crippen LogP contribution in [0.1, 0.15) is 50.5 Å². The summed E-state index contributed by atoms with van der Waals surface area (Å²) in [6.07, 6.45) is 3.41. The van der Waals surface area contributed by atoms with Gasteiger partial charge in [-0.15, -0.1) is 0 Å². The highest BCUT2D eigenvalue weighted by molar-refractivity contribution is 7.80. The summed E-state index contributed by atoms with van der Waals surface area (Å²) in [6.45, 7) is 2.02. The van der Waals surface area contributed by atoms with Gasteiger partial charge in [-0.25, -0.2) is 4.79 Å². The van der Waals surface area contributed by atoms with Gasteiger partial charge in [-0.1, -0.05) is 24.7 Å². The van der Waals surface area contributed by atoms with E-state index in [1.807, 2.05) is 6.07 Å². The number of carbonyl (C=O) groups excluding carboxylic acids is 1. The van der Waals surface area contributed by atoms with Crippen molar-refractivity contribution in [3.05, 3.63) is 35.3 Å². The van der Waals surface area contributed by atoms with E-state index in [1.54, 1.807) is 6.92 Å². The van der Waals surface area contributed by atoms with Crippen molar-refractivity contribution in [2.45, 2.75) is 50.7 Å². The van der Waals surface area contributed by atoms with Crippen LogP contribution in [0.3, 0.4) is 0 Å². The lowest BCUT2D eigenvalue weighted by molar-refractivity contribution is -0.402. The predicted molar refractivity (Wildman–Crippen MR) is 108 cm³/mol. The number of carbonyl (C=O) groups is 1. The van der Waals surface area contributed by atoms with Gasteiger partial charge < -0.3 is 30.2 Å². The standard InChI is InChI=1S/C21H24N2O6S/c1-2-27-15-10-12(6-7-14(15)24)16(13(11-22)18(23)30)17-19(25)28-21(29-20(17)26)8-4-3-5-9-21/h6-7,10,13,16,24-25H,2-5,8-9H2,1H3,(H2,23,30)/p-1. The first kappa shape index (κ1) is 21.7. The van der Waals surface area contributed by atoms with E-state index in [2.05, 4.69) is 0 Å². The van der Waals surface area contributed by atoms with E-state index in [-0.39, 0.29) is 28.7 Å². The third kappa shape index (κ3) is 4.14. The largest absolute Gasteiger partial charge is 0.574 e. The molecule has 1 aliphatic heterocycles. The monoisotopic (exact) mass is 431 g/mol. The molecule has 2 atom stereocenters. The molecule has 1 heterocycles. The Balaban J connectivity index is 2.10. The minimum absolute atomic E-state index is 0.122. The molecule has 1 saturated carbocycles. The first-order valence-corrected chi connectivity index (χ1v) is 10.2. The van der Waals surface area contributed by atoms with Crippen molar-refractivity contribution in [3.8, 4) is 17.6 Å². The summed E-state index contributed by atoms with van der Waals surface area (Å²) in [4.78, 5) is 12.8. The van der Waals surface area contributed by atoms with Gasteiger partial charge >= 0.3 is 5.97 Å². The van der Waals surface area contributed by atoms with E-state index in [9.17, 15) is 20.3 Å². The van der Waals surface area contributed by atoms with Gasteiger partial charge in [0.2, 0.25) is 0 Å². The van der Waals surface area contributed by atoms with Crippen molar-refractivity contribution < 1.29 is 29.2 Å². The maximum absolute atomic E-state index is 13.0. The van der Waals surface area contributed by atoms with Crippen molar-refractivity contribution in [3.63, 3.8) is 0 Å². The van der Waals surface area contributed by atoms with Crippen LogP contribution in [0.4, 0.5) is 0 Å². The Hall–Kier alpha value is -2.99. The number of nitrogens with zero attached hydrogens (tertiary/aromatic N) is 1. The van der Waals surface area contributed by atoms with E-state index in [1.165, 1.54) is 18.2 Å². The molecule has 8 nitrogen and oxygen atoms in total. The predicted octanol–water partition coefficient (Wildman–Crippen LogP) is 2.11. The van der Waals surface area contributed by atoms with Crippen molar-refractivity contribution >= 4 is 23.2 Å². The molecule has 1 spiro atoms. The van der Waals surface area contributed by atoms with Crippen molar-refractivity contribution in [1.29, 1.82) is 5.26 Å². The maximum Gasteiger partial charge on any atom is 0.337 e. The lowest BCUT2D eigenvalue weighted by atomic mass is 9.80. The van der Waals surface area contributed by atoms with Crippen molar-refractivity contribution in [2.24, 2.45) is 11.7 Å². The number of esters is 1. The molecule has 0 aromatic heterocycles. The molecule has 30 heavy (non-hydrogen) atoms. The fraction of sp³-hybridized carbons (Fsp3) is 0.476. The number of hydrogen-bond acceptors (Lipinski definition) is 8. The Labute approximate surface area is 179 Å². The van der Waals surface area contributed by atoms with Crippen LogP contribution in [0.2, 0.25) is 0 Å². The zero-order valence-electron chi connectivity index (χ0n) is 16.6. The molecule has 160 valence electrons. The van der Waals surface area contributed by atoms with Gasteiger partial charge in [0.25, 0.3) is 0 Å². The number of nitrogens with two attached hydrogens (primary N) is 1. The van der Waals surface area contributed by atoms with Crippen LogP contribution < -0.4 is 15.6 Å². The molecule has 3 N–H and O–H groups in total. The molecular formula is C21H23N2O6S-. The normalized spacial score (nSPS) is 19.9. The van der Waals surface area contributed by atoms with Crippen LogP contribution in [0.15, 0.2) is 29.7 Å². The number of thiocarbonyl (C=S) groups is 1. The number of benzene rings is 1. The third-order valence-electron chi connectivity index (χ3n) is 5.35. The summed E-state index contributed by atoms with van der Waals surface area (Å²) < 4.78 is 16.6. The Morgan fingerprint density at radius 1 is 1.40 bits per heavy atom. The summed E-state index contributed by atoms with van der Waals surface area (Å²) in [7, 11) is 0. The average Bonchev–Trinajstić information content (AvgIpc) is 2.69. The van der Waals surface area contributed by atoms with Crippen molar-refractivity contribution in [1.82, 2.24) is 0 Å². The molecular weight excluding hydrogens is 408 g/mol. The molecule has 0 saturated heterocycles. The number of nitriles is 1. The molecule has 1 fully saturated rings. The Morgan fingerprint density at radius 2 is 2.10 bits per heavy atom. The smallest absolute Gasteiger partial charge is 0.337 e. The van der Waals surface area contributed by atoms with Crippen LogP contribution in [0, 0.1) is 17.2 Å². The number of ether oxygens (including phenoxy) is 3. The number of rotatable bonds is 6.